The van der Waals surface area contributed by atoms with Gasteiger partial charge in [-0.05, 0) is 37.9 Å². The molecule has 0 amide bonds. The highest BCUT2D eigenvalue weighted by Crippen LogP contribution is 2.16. The van der Waals surface area contributed by atoms with Crippen LogP contribution in [0.1, 0.15) is 19.3 Å². The van der Waals surface area contributed by atoms with Crippen molar-refractivity contribution in [3.05, 3.63) is 28.7 Å². The minimum atomic E-state index is -0.405. The lowest BCUT2D eigenvalue weighted by Gasteiger charge is -2.11. The Morgan fingerprint density at radius 1 is 1.44 bits per heavy atom. The quantitative estimate of drug-likeness (QED) is 0.768. The SMILES string of the molecule is O=c1[nH]c2ccc(NCCC3CCCN3)cc2o1. The molecule has 0 saturated carbocycles. The normalized spacial score (nSPS) is 19.4. The van der Waals surface area contributed by atoms with Gasteiger partial charge < -0.3 is 15.1 Å². The Morgan fingerprint density at radius 3 is 3.22 bits per heavy atom. The average molecular weight is 247 g/mol. The van der Waals surface area contributed by atoms with Gasteiger partial charge in [-0.3, -0.25) is 4.98 Å². The number of oxazole rings is 1. The molecule has 1 fully saturated rings. The predicted molar refractivity (Wildman–Crippen MR) is 71.0 cm³/mol. The molecular weight excluding hydrogens is 230 g/mol. The summed E-state index contributed by atoms with van der Waals surface area (Å²) in [6, 6.07) is 6.31. The van der Waals surface area contributed by atoms with Gasteiger partial charge in [0.05, 0.1) is 5.52 Å². The van der Waals surface area contributed by atoms with Crippen molar-refractivity contribution in [2.45, 2.75) is 25.3 Å². The number of hydrogen-bond acceptors (Lipinski definition) is 4. The first-order chi connectivity index (χ1) is 8.81. The fraction of sp³-hybridized carbons (Fsp3) is 0.462. The number of benzene rings is 1. The van der Waals surface area contributed by atoms with Crippen LogP contribution in [0.25, 0.3) is 11.1 Å². The summed E-state index contributed by atoms with van der Waals surface area (Å²) in [5, 5.41) is 6.83. The van der Waals surface area contributed by atoms with E-state index < -0.39 is 5.76 Å². The van der Waals surface area contributed by atoms with Crippen molar-refractivity contribution in [1.82, 2.24) is 10.3 Å². The zero-order chi connectivity index (χ0) is 12.4. The fourth-order valence-electron chi connectivity index (χ4n) is 2.45. The number of aromatic nitrogens is 1. The maximum atomic E-state index is 11.0. The van der Waals surface area contributed by atoms with Gasteiger partial charge in [-0.2, -0.15) is 0 Å². The molecule has 3 N–H and O–H groups in total. The van der Waals surface area contributed by atoms with Crippen molar-refractivity contribution >= 4 is 16.8 Å². The number of anilines is 1. The first-order valence-electron chi connectivity index (χ1n) is 6.41. The van der Waals surface area contributed by atoms with Gasteiger partial charge in [0.25, 0.3) is 0 Å². The summed E-state index contributed by atoms with van der Waals surface area (Å²) in [6.45, 7) is 2.07. The second-order valence-corrected chi connectivity index (χ2v) is 4.73. The Labute approximate surface area is 105 Å². The number of H-pyrrole nitrogens is 1. The lowest BCUT2D eigenvalue weighted by atomic mass is 10.1. The summed E-state index contributed by atoms with van der Waals surface area (Å²) in [4.78, 5) is 13.7. The molecule has 0 bridgehead atoms. The van der Waals surface area contributed by atoms with Gasteiger partial charge in [0.15, 0.2) is 5.58 Å². The first kappa shape index (κ1) is 11.3. The second-order valence-electron chi connectivity index (χ2n) is 4.73. The molecule has 5 heteroatoms. The van der Waals surface area contributed by atoms with E-state index in [1.165, 1.54) is 12.8 Å². The molecule has 96 valence electrons. The Hall–Kier alpha value is -1.75. The van der Waals surface area contributed by atoms with Crippen LogP contribution in [0.3, 0.4) is 0 Å². The third kappa shape index (κ3) is 2.41. The minimum Gasteiger partial charge on any atom is -0.408 e. The van der Waals surface area contributed by atoms with Crippen LogP contribution in [-0.4, -0.2) is 24.1 Å². The highest BCUT2D eigenvalue weighted by molar-refractivity contribution is 5.76. The van der Waals surface area contributed by atoms with E-state index in [1.807, 2.05) is 18.2 Å². The Morgan fingerprint density at radius 2 is 2.39 bits per heavy atom. The van der Waals surface area contributed by atoms with Gasteiger partial charge >= 0.3 is 5.76 Å². The first-order valence-corrected chi connectivity index (χ1v) is 6.41. The van der Waals surface area contributed by atoms with E-state index >= 15 is 0 Å². The minimum absolute atomic E-state index is 0.405. The largest absolute Gasteiger partial charge is 0.417 e. The van der Waals surface area contributed by atoms with E-state index in [2.05, 4.69) is 15.6 Å². The van der Waals surface area contributed by atoms with Crippen LogP contribution in [-0.2, 0) is 0 Å². The molecule has 1 unspecified atom stereocenters. The number of rotatable bonds is 4. The monoisotopic (exact) mass is 247 g/mol. The molecule has 0 radical (unpaired) electrons. The van der Waals surface area contributed by atoms with Crippen molar-refractivity contribution < 1.29 is 4.42 Å². The van der Waals surface area contributed by atoms with E-state index in [0.717, 1.165) is 30.7 Å². The van der Waals surface area contributed by atoms with E-state index in [-0.39, 0.29) is 0 Å². The van der Waals surface area contributed by atoms with Crippen molar-refractivity contribution in [3.63, 3.8) is 0 Å². The van der Waals surface area contributed by atoms with Crippen LogP contribution in [0, 0.1) is 0 Å². The van der Waals surface area contributed by atoms with E-state index in [0.29, 0.717) is 11.6 Å². The third-order valence-electron chi connectivity index (χ3n) is 3.41. The summed E-state index contributed by atoms with van der Waals surface area (Å²) in [6.07, 6.45) is 3.67. The van der Waals surface area contributed by atoms with Crippen LogP contribution in [0.2, 0.25) is 0 Å². The lowest BCUT2D eigenvalue weighted by molar-refractivity contribution is 0.555. The molecule has 1 atom stereocenters. The molecule has 1 saturated heterocycles. The molecule has 0 spiro atoms. The average Bonchev–Trinajstić information content (AvgIpc) is 2.96. The van der Waals surface area contributed by atoms with Gasteiger partial charge in [0, 0.05) is 24.3 Å². The molecule has 1 aromatic heterocycles. The Balaban J connectivity index is 1.61. The van der Waals surface area contributed by atoms with E-state index in [1.54, 1.807) is 0 Å². The molecule has 0 aliphatic carbocycles. The van der Waals surface area contributed by atoms with Gasteiger partial charge in [0.2, 0.25) is 0 Å². The van der Waals surface area contributed by atoms with Crippen LogP contribution >= 0.6 is 0 Å². The molecule has 2 heterocycles. The summed E-state index contributed by atoms with van der Waals surface area (Å²) < 4.78 is 5.02. The number of nitrogens with one attached hydrogen (secondary N) is 3. The molecule has 2 aromatic rings. The maximum Gasteiger partial charge on any atom is 0.417 e. The zero-order valence-corrected chi connectivity index (χ0v) is 10.2. The predicted octanol–water partition coefficient (Wildman–Crippen LogP) is 1.68. The van der Waals surface area contributed by atoms with Crippen LogP contribution < -0.4 is 16.4 Å². The van der Waals surface area contributed by atoms with Crippen molar-refractivity contribution in [1.29, 1.82) is 0 Å². The van der Waals surface area contributed by atoms with Crippen LogP contribution in [0.15, 0.2) is 27.4 Å². The van der Waals surface area contributed by atoms with Crippen molar-refractivity contribution in [3.8, 4) is 0 Å². The molecule has 1 aromatic carbocycles. The summed E-state index contributed by atoms with van der Waals surface area (Å²) in [5.74, 6) is -0.405. The fourth-order valence-corrected chi connectivity index (χ4v) is 2.45. The summed E-state index contributed by atoms with van der Waals surface area (Å²) in [5.41, 5.74) is 2.33. The van der Waals surface area contributed by atoms with Gasteiger partial charge in [0.1, 0.15) is 0 Å². The molecule has 1 aliphatic rings. The number of aromatic amines is 1. The van der Waals surface area contributed by atoms with Gasteiger partial charge in [-0.25, -0.2) is 4.79 Å². The van der Waals surface area contributed by atoms with Gasteiger partial charge in [-0.1, -0.05) is 0 Å². The smallest absolute Gasteiger partial charge is 0.408 e. The maximum absolute atomic E-state index is 11.0. The number of hydrogen-bond donors (Lipinski definition) is 3. The van der Waals surface area contributed by atoms with E-state index in [9.17, 15) is 4.79 Å². The second kappa shape index (κ2) is 4.86. The molecule has 1 aliphatic heterocycles. The number of fused-ring (bicyclic) bond motifs is 1. The zero-order valence-electron chi connectivity index (χ0n) is 10.2. The van der Waals surface area contributed by atoms with Crippen molar-refractivity contribution in [2.75, 3.05) is 18.4 Å². The van der Waals surface area contributed by atoms with E-state index in [4.69, 9.17) is 4.42 Å². The topological polar surface area (TPSA) is 70.1 Å². The van der Waals surface area contributed by atoms with Crippen LogP contribution in [0.5, 0.6) is 0 Å². The summed E-state index contributed by atoms with van der Waals surface area (Å²) >= 11 is 0. The third-order valence-corrected chi connectivity index (χ3v) is 3.41. The highest BCUT2D eigenvalue weighted by Gasteiger charge is 2.12. The lowest BCUT2D eigenvalue weighted by Crippen LogP contribution is -2.24. The Kier molecular flexibility index (Phi) is 3.06. The molecule has 3 rings (SSSR count). The van der Waals surface area contributed by atoms with Gasteiger partial charge in [-0.15, -0.1) is 0 Å². The molecular formula is C13H17N3O2. The standard InChI is InChI=1S/C13H17N3O2/c17-13-16-11-4-3-10(8-12(11)18-13)15-7-5-9-2-1-6-14-9/h3-4,8-9,14-15H,1-2,5-7H2,(H,16,17). The molecule has 5 nitrogen and oxygen atoms in total. The van der Waals surface area contributed by atoms with Crippen LogP contribution in [0.4, 0.5) is 5.69 Å². The Bertz CT molecular complexity index is 581. The summed E-state index contributed by atoms with van der Waals surface area (Å²) in [7, 11) is 0. The highest BCUT2D eigenvalue weighted by atomic mass is 16.4. The molecule has 18 heavy (non-hydrogen) atoms. The van der Waals surface area contributed by atoms with Crippen molar-refractivity contribution in [2.24, 2.45) is 0 Å².